The minimum atomic E-state index is 0.287. The SMILES string of the molecule is CCN1CCC(N(C)C(=O)CCc2ccc(C)cc2C)CC1. The van der Waals surface area contributed by atoms with Crippen molar-refractivity contribution >= 4 is 5.91 Å². The molecule has 3 heteroatoms. The zero-order valence-corrected chi connectivity index (χ0v) is 14.6. The summed E-state index contributed by atoms with van der Waals surface area (Å²) in [5.74, 6) is 0.287. The molecule has 1 amide bonds. The Morgan fingerprint density at radius 2 is 1.95 bits per heavy atom. The van der Waals surface area contributed by atoms with Crippen LogP contribution >= 0.6 is 0 Å². The van der Waals surface area contributed by atoms with Crippen LogP contribution in [0.3, 0.4) is 0 Å². The molecular formula is C19H30N2O. The van der Waals surface area contributed by atoms with Gasteiger partial charge in [-0.2, -0.15) is 0 Å². The second kappa shape index (κ2) is 7.77. The van der Waals surface area contributed by atoms with Gasteiger partial charge in [0.15, 0.2) is 0 Å². The third-order valence-electron chi connectivity index (χ3n) is 5.05. The molecule has 122 valence electrons. The highest BCUT2D eigenvalue weighted by Gasteiger charge is 2.24. The van der Waals surface area contributed by atoms with Gasteiger partial charge < -0.3 is 9.80 Å². The highest BCUT2D eigenvalue weighted by molar-refractivity contribution is 5.76. The Morgan fingerprint density at radius 1 is 1.27 bits per heavy atom. The average Bonchev–Trinajstić information content (AvgIpc) is 2.53. The van der Waals surface area contributed by atoms with E-state index in [0.717, 1.165) is 38.9 Å². The lowest BCUT2D eigenvalue weighted by Gasteiger charge is -2.36. The molecular weight excluding hydrogens is 272 g/mol. The molecule has 1 aromatic carbocycles. The number of benzene rings is 1. The van der Waals surface area contributed by atoms with Crippen LogP contribution in [-0.2, 0) is 11.2 Å². The van der Waals surface area contributed by atoms with Crippen molar-refractivity contribution in [2.75, 3.05) is 26.7 Å². The number of rotatable bonds is 5. The summed E-state index contributed by atoms with van der Waals surface area (Å²) in [4.78, 5) is 16.9. The van der Waals surface area contributed by atoms with Crippen molar-refractivity contribution < 1.29 is 4.79 Å². The first-order chi connectivity index (χ1) is 10.5. The second-order valence-electron chi connectivity index (χ2n) is 6.60. The normalized spacial score (nSPS) is 16.7. The number of hydrogen-bond donors (Lipinski definition) is 0. The molecule has 1 aliphatic heterocycles. The number of carbonyl (C=O) groups excluding carboxylic acids is 1. The highest BCUT2D eigenvalue weighted by Crippen LogP contribution is 2.17. The largest absolute Gasteiger partial charge is 0.343 e. The first-order valence-corrected chi connectivity index (χ1v) is 8.55. The fraction of sp³-hybridized carbons (Fsp3) is 0.632. The minimum absolute atomic E-state index is 0.287. The zero-order valence-electron chi connectivity index (χ0n) is 14.6. The van der Waals surface area contributed by atoms with Gasteiger partial charge in [0.25, 0.3) is 0 Å². The van der Waals surface area contributed by atoms with E-state index < -0.39 is 0 Å². The third kappa shape index (κ3) is 4.33. The quantitative estimate of drug-likeness (QED) is 0.834. The molecule has 0 N–H and O–H groups in total. The van der Waals surface area contributed by atoms with Crippen LogP contribution in [0.2, 0.25) is 0 Å². The van der Waals surface area contributed by atoms with Crippen LogP contribution in [-0.4, -0.2) is 48.4 Å². The van der Waals surface area contributed by atoms with Gasteiger partial charge in [0.1, 0.15) is 0 Å². The second-order valence-corrected chi connectivity index (χ2v) is 6.60. The maximum absolute atomic E-state index is 12.5. The van der Waals surface area contributed by atoms with E-state index in [2.05, 4.69) is 43.9 Å². The summed E-state index contributed by atoms with van der Waals surface area (Å²) in [5.41, 5.74) is 3.88. The van der Waals surface area contributed by atoms with Gasteiger partial charge in [-0.1, -0.05) is 30.7 Å². The van der Waals surface area contributed by atoms with Crippen LogP contribution in [0.4, 0.5) is 0 Å². The average molecular weight is 302 g/mol. The Labute approximate surface area is 135 Å². The van der Waals surface area contributed by atoms with Crippen molar-refractivity contribution in [2.45, 2.75) is 52.5 Å². The van der Waals surface area contributed by atoms with E-state index in [-0.39, 0.29) is 5.91 Å². The number of piperidine rings is 1. The molecule has 1 saturated heterocycles. The summed E-state index contributed by atoms with van der Waals surface area (Å²) < 4.78 is 0. The predicted molar refractivity (Wildman–Crippen MR) is 92.1 cm³/mol. The number of likely N-dealkylation sites (tertiary alicyclic amines) is 1. The monoisotopic (exact) mass is 302 g/mol. The number of carbonyl (C=O) groups is 1. The summed E-state index contributed by atoms with van der Waals surface area (Å²) in [6, 6.07) is 6.92. The molecule has 1 aliphatic rings. The fourth-order valence-electron chi connectivity index (χ4n) is 3.37. The van der Waals surface area contributed by atoms with E-state index in [1.807, 2.05) is 11.9 Å². The number of nitrogens with zero attached hydrogens (tertiary/aromatic N) is 2. The molecule has 0 spiro atoms. The Hall–Kier alpha value is -1.35. The molecule has 2 rings (SSSR count). The summed E-state index contributed by atoms with van der Waals surface area (Å²) >= 11 is 0. The van der Waals surface area contributed by atoms with Crippen molar-refractivity contribution in [3.05, 3.63) is 34.9 Å². The molecule has 1 aromatic rings. The van der Waals surface area contributed by atoms with Crippen molar-refractivity contribution in [1.29, 1.82) is 0 Å². The summed E-state index contributed by atoms with van der Waals surface area (Å²) in [6.07, 6.45) is 3.69. The van der Waals surface area contributed by atoms with Gasteiger partial charge in [-0.05, 0) is 50.8 Å². The topological polar surface area (TPSA) is 23.6 Å². The Morgan fingerprint density at radius 3 is 2.55 bits per heavy atom. The van der Waals surface area contributed by atoms with Crippen molar-refractivity contribution in [3.63, 3.8) is 0 Å². The fourth-order valence-corrected chi connectivity index (χ4v) is 3.37. The first kappa shape index (κ1) is 17.0. The van der Waals surface area contributed by atoms with Crippen LogP contribution in [0.25, 0.3) is 0 Å². The van der Waals surface area contributed by atoms with Crippen molar-refractivity contribution in [1.82, 2.24) is 9.80 Å². The molecule has 1 heterocycles. The van der Waals surface area contributed by atoms with Crippen LogP contribution in [0.1, 0.15) is 42.9 Å². The Kier molecular flexibility index (Phi) is 6.01. The Balaban J connectivity index is 1.84. The van der Waals surface area contributed by atoms with Gasteiger partial charge >= 0.3 is 0 Å². The molecule has 0 aliphatic carbocycles. The molecule has 0 atom stereocenters. The van der Waals surface area contributed by atoms with Crippen LogP contribution in [0.15, 0.2) is 18.2 Å². The van der Waals surface area contributed by atoms with Gasteiger partial charge in [0.05, 0.1) is 0 Å². The zero-order chi connectivity index (χ0) is 16.1. The van der Waals surface area contributed by atoms with Gasteiger partial charge in [0, 0.05) is 32.6 Å². The lowest BCUT2D eigenvalue weighted by atomic mass is 10.00. The lowest BCUT2D eigenvalue weighted by Crippen LogP contribution is -2.45. The number of hydrogen-bond acceptors (Lipinski definition) is 2. The highest BCUT2D eigenvalue weighted by atomic mass is 16.2. The lowest BCUT2D eigenvalue weighted by molar-refractivity contribution is -0.132. The summed E-state index contributed by atoms with van der Waals surface area (Å²) in [7, 11) is 1.98. The smallest absolute Gasteiger partial charge is 0.222 e. The van der Waals surface area contributed by atoms with Crippen LogP contribution in [0, 0.1) is 13.8 Å². The molecule has 0 radical (unpaired) electrons. The minimum Gasteiger partial charge on any atom is -0.343 e. The van der Waals surface area contributed by atoms with Crippen LogP contribution < -0.4 is 0 Å². The Bertz CT molecular complexity index is 504. The van der Waals surface area contributed by atoms with Gasteiger partial charge in [0.2, 0.25) is 5.91 Å². The molecule has 3 nitrogen and oxygen atoms in total. The molecule has 0 unspecified atom stereocenters. The van der Waals surface area contributed by atoms with E-state index in [9.17, 15) is 4.79 Å². The van der Waals surface area contributed by atoms with E-state index in [4.69, 9.17) is 0 Å². The maximum atomic E-state index is 12.5. The summed E-state index contributed by atoms with van der Waals surface area (Å²) in [5, 5.41) is 0. The van der Waals surface area contributed by atoms with E-state index in [0.29, 0.717) is 12.5 Å². The van der Waals surface area contributed by atoms with E-state index in [1.165, 1.54) is 16.7 Å². The van der Waals surface area contributed by atoms with Crippen molar-refractivity contribution in [3.8, 4) is 0 Å². The van der Waals surface area contributed by atoms with Gasteiger partial charge in [-0.3, -0.25) is 4.79 Å². The van der Waals surface area contributed by atoms with Crippen LogP contribution in [0.5, 0.6) is 0 Å². The summed E-state index contributed by atoms with van der Waals surface area (Å²) in [6.45, 7) is 9.82. The third-order valence-corrected chi connectivity index (χ3v) is 5.05. The molecule has 0 saturated carbocycles. The molecule has 0 aromatic heterocycles. The van der Waals surface area contributed by atoms with Gasteiger partial charge in [-0.15, -0.1) is 0 Å². The first-order valence-electron chi connectivity index (χ1n) is 8.55. The predicted octanol–water partition coefficient (Wildman–Crippen LogP) is 3.18. The van der Waals surface area contributed by atoms with Crippen molar-refractivity contribution in [2.24, 2.45) is 0 Å². The number of amides is 1. The molecule has 1 fully saturated rings. The van der Waals surface area contributed by atoms with Gasteiger partial charge in [-0.25, -0.2) is 0 Å². The van der Waals surface area contributed by atoms with E-state index >= 15 is 0 Å². The molecule has 22 heavy (non-hydrogen) atoms. The standard InChI is InChI=1S/C19H30N2O/c1-5-21-12-10-18(11-13-21)20(4)19(22)9-8-17-7-6-15(2)14-16(17)3/h6-7,14,18H,5,8-13H2,1-4H3. The number of aryl methyl sites for hydroxylation is 3. The molecule has 0 bridgehead atoms. The van der Waals surface area contributed by atoms with E-state index in [1.54, 1.807) is 0 Å². The maximum Gasteiger partial charge on any atom is 0.222 e.